The number of anilines is 1. The lowest BCUT2D eigenvalue weighted by Gasteiger charge is -2.10. The molecule has 2 amide bonds. The summed E-state index contributed by atoms with van der Waals surface area (Å²) >= 11 is 1.34. The number of aryl methyl sites for hydroxylation is 2. The van der Waals surface area contributed by atoms with Crippen LogP contribution in [0.2, 0.25) is 0 Å². The summed E-state index contributed by atoms with van der Waals surface area (Å²) in [4.78, 5) is 15.6. The minimum atomic E-state index is -0.384. The number of benzene rings is 1. The van der Waals surface area contributed by atoms with Crippen molar-refractivity contribution in [2.24, 2.45) is 0 Å². The lowest BCUT2D eigenvalue weighted by Crippen LogP contribution is -2.39. The zero-order valence-electron chi connectivity index (χ0n) is 13.9. The molecular weight excluding hydrogens is 330 g/mol. The third-order valence-corrected chi connectivity index (χ3v) is 3.60. The lowest BCUT2D eigenvalue weighted by atomic mass is 10.1. The van der Waals surface area contributed by atoms with Gasteiger partial charge in [0.2, 0.25) is 5.16 Å². The maximum Gasteiger partial charge on any atom is 0.340 e. The molecule has 0 aliphatic heterocycles. The fourth-order valence-corrected chi connectivity index (χ4v) is 2.20. The van der Waals surface area contributed by atoms with E-state index < -0.39 is 0 Å². The molecule has 0 bridgehead atoms. The summed E-state index contributed by atoms with van der Waals surface area (Å²) in [5.74, 6) is 0.868. The molecule has 2 aromatic rings. The van der Waals surface area contributed by atoms with E-state index in [1.165, 1.54) is 17.3 Å². The van der Waals surface area contributed by atoms with Crippen LogP contribution in [0.15, 0.2) is 27.9 Å². The topological polar surface area (TPSA) is 101 Å². The van der Waals surface area contributed by atoms with E-state index in [4.69, 9.17) is 9.26 Å². The van der Waals surface area contributed by atoms with Crippen molar-refractivity contribution in [1.29, 1.82) is 0 Å². The first kappa shape index (κ1) is 17.9. The molecule has 0 radical (unpaired) electrons. The molecule has 0 aliphatic rings. The normalized spacial score (nSPS) is 10.3. The van der Waals surface area contributed by atoms with Crippen LogP contribution in [-0.2, 0) is 0 Å². The zero-order valence-corrected chi connectivity index (χ0v) is 14.7. The number of aromatic nitrogens is 2. The van der Waals surface area contributed by atoms with Crippen LogP contribution in [0, 0.1) is 13.8 Å². The number of rotatable bonds is 8. The van der Waals surface area contributed by atoms with E-state index in [-0.39, 0.29) is 12.0 Å². The quantitative estimate of drug-likeness (QED) is 0.381. The van der Waals surface area contributed by atoms with Gasteiger partial charge >= 0.3 is 12.0 Å². The highest BCUT2D eigenvalue weighted by atomic mass is 32.2. The number of hydrogen-bond donors (Lipinski definition) is 3. The molecule has 0 atom stereocenters. The Bertz CT molecular complexity index is 677. The Morgan fingerprint density at radius 1 is 1.38 bits per heavy atom. The fraction of sp³-hybridized carbons (Fsp3) is 0.400. The van der Waals surface area contributed by atoms with Gasteiger partial charge in [0.15, 0.2) is 0 Å². The molecule has 8 nitrogen and oxygen atoms in total. The predicted molar refractivity (Wildman–Crippen MR) is 92.3 cm³/mol. The van der Waals surface area contributed by atoms with Crippen molar-refractivity contribution in [3.05, 3.63) is 29.3 Å². The summed E-state index contributed by atoms with van der Waals surface area (Å²) in [5.41, 5.74) is 7.26. The number of amides is 2. The zero-order chi connectivity index (χ0) is 17.4. The summed E-state index contributed by atoms with van der Waals surface area (Å²) in [6.45, 7) is 5.07. The van der Waals surface area contributed by atoms with Gasteiger partial charge in [-0.3, -0.25) is 0 Å². The van der Waals surface area contributed by atoms with Gasteiger partial charge in [0.05, 0.1) is 6.61 Å². The minimum absolute atomic E-state index is 0.132. The van der Waals surface area contributed by atoms with Gasteiger partial charge in [-0.25, -0.2) is 15.6 Å². The van der Waals surface area contributed by atoms with E-state index in [2.05, 4.69) is 32.4 Å². The predicted octanol–water partition coefficient (Wildman–Crippen LogP) is 2.50. The minimum Gasteiger partial charge on any atom is -0.493 e. The highest BCUT2D eigenvalue weighted by Gasteiger charge is 2.06. The molecule has 0 saturated carbocycles. The molecule has 0 saturated heterocycles. The van der Waals surface area contributed by atoms with Crippen molar-refractivity contribution >= 4 is 23.8 Å². The Morgan fingerprint density at radius 3 is 2.92 bits per heavy atom. The van der Waals surface area contributed by atoms with Crippen LogP contribution in [0.3, 0.4) is 0 Å². The largest absolute Gasteiger partial charge is 0.493 e. The molecule has 9 heteroatoms. The molecule has 1 aromatic carbocycles. The number of ether oxygens (including phenoxy) is 1. The summed E-state index contributed by atoms with van der Waals surface area (Å²) in [5, 5.41) is 6.85. The van der Waals surface area contributed by atoms with E-state index in [0.29, 0.717) is 24.7 Å². The lowest BCUT2D eigenvalue weighted by molar-refractivity contribution is 0.240. The summed E-state index contributed by atoms with van der Waals surface area (Å²) in [6.07, 6.45) is 2.52. The molecule has 24 heavy (non-hydrogen) atoms. The number of hydrogen-bond acceptors (Lipinski definition) is 7. The number of urea groups is 1. The number of nitrogens with one attached hydrogen (secondary N) is 3. The van der Waals surface area contributed by atoms with Crippen molar-refractivity contribution < 1.29 is 14.1 Å². The molecule has 1 aromatic heterocycles. The molecule has 0 spiro atoms. The van der Waals surface area contributed by atoms with Crippen LogP contribution in [0.1, 0.15) is 17.5 Å². The van der Waals surface area contributed by atoms with Crippen LogP contribution in [0.4, 0.5) is 10.8 Å². The van der Waals surface area contributed by atoms with Crippen molar-refractivity contribution in [3.8, 4) is 5.75 Å². The average molecular weight is 351 g/mol. The van der Waals surface area contributed by atoms with Gasteiger partial charge in [-0.15, -0.1) is 0 Å². The first-order chi connectivity index (χ1) is 11.6. The van der Waals surface area contributed by atoms with E-state index >= 15 is 0 Å². The third-order valence-electron chi connectivity index (χ3n) is 3.07. The van der Waals surface area contributed by atoms with Crippen LogP contribution >= 0.6 is 11.8 Å². The van der Waals surface area contributed by atoms with Crippen LogP contribution in [-0.4, -0.2) is 35.6 Å². The summed E-state index contributed by atoms with van der Waals surface area (Å²) in [7, 11) is 0. The van der Waals surface area contributed by atoms with Crippen LogP contribution in [0.5, 0.6) is 5.75 Å². The van der Waals surface area contributed by atoms with Gasteiger partial charge in [-0.05, 0) is 43.3 Å². The highest BCUT2D eigenvalue weighted by molar-refractivity contribution is 7.98. The number of carbonyl (C=O) groups excluding carboxylic acids is 1. The monoisotopic (exact) mass is 351 g/mol. The molecule has 0 fully saturated rings. The third kappa shape index (κ3) is 5.65. The van der Waals surface area contributed by atoms with Crippen molar-refractivity contribution in [1.82, 2.24) is 20.9 Å². The second-order valence-corrected chi connectivity index (χ2v) is 5.84. The smallest absolute Gasteiger partial charge is 0.340 e. The molecular formula is C15H21N5O3S. The molecule has 130 valence electrons. The second-order valence-electron chi connectivity index (χ2n) is 5.06. The van der Waals surface area contributed by atoms with Gasteiger partial charge in [0.1, 0.15) is 5.75 Å². The van der Waals surface area contributed by atoms with Crippen molar-refractivity contribution in [3.63, 3.8) is 0 Å². The Balaban J connectivity index is 1.59. The molecule has 3 N–H and O–H groups in total. The van der Waals surface area contributed by atoms with Crippen LogP contribution in [0.25, 0.3) is 0 Å². The maximum absolute atomic E-state index is 11.6. The first-order valence-electron chi connectivity index (χ1n) is 7.46. The molecule has 0 aliphatic carbocycles. The number of carbonyl (C=O) groups is 1. The van der Waals surface area contributed by atoms with E-state index in [9.17, 15) is 4.79 Å². The van der Waals surface area contributed by atoms with Gasteiger partial charge < -0.3 is 14.6 Å². The van der Waals surface area contributed by atoms with Crippen molar-refractivity contribution in [2.45, 2.75) is 25.4 Å². The Morgan fingerprint density at radius 2 is 2.21 bits per heavy atom. The average Bonchev–Trinajstić information content (AvgIpc) is 3.02. The highest BCUT2D eigenvalue weighted by Crippen LogP contribution is 2.18. The molecule has 0 unspecified atom stereocenters. The number of hydrazine groups is 1. The maximum atomic E-state index is 11.6. The second kappa shape index (κ2) is 9.02. The van der Waals surface area contributed by atoms with Crippen molar-refractivity contribution in [2.75, 3.05) is 24.8 Å². The van der Waals surface area contributed by atoms with Gasteiger partial charge in [0.25, 0.3) is 0 Å². The van der Waals surface area contributed by atoms with Gasteiger partial charge in [0, 0.05) is 6.54 Å². The van der Waals surface area contributed by atoms with E-state index in [1.54, 1.807) is 0 Å². The van der Waals surface area contributed by atoms with E-state index in [0.717, 1.165) is 11.3 Å². The molecule has 1 heterocycles. The Hall–Kier alpha value is -2.42. The Labute approximate surface area is 144 Å². The SMILES string of the molecule is CSc1noc(NNC(=O)NCCCOc2ccc(C)cc2C)n1. The standard InChI is InChI=1S/C15H21N5O3S/c1-10-5-6-12(11(2)9-10)22-8-4-7-16-13(21)18-19-14-17-15(24-3)20-23-14/h5-6,9H,4,7-8H2,1-3H3,(H2,16,18,21)(H,17,19,20). The fourth-order valence-electron chi connectivity index (χ4n) is 1.92. The summed E-state index contributed by atoms with van der Waals surface area (Å²) in [6, 6.07) is 5.80. The molecule has 2 rings (SSSR count). The number of thioether (sulfide) groups is 1. The van der Waals surface area contributed by atoms with Gasteiger partial charge in [-0.1, -0.05) is 29.5 Å². The Kier molecular flexibility index (Phi) is 6.74. The first-order valence-corrected chi connectivity index (χ1v) is 8.68. The van der Waals surface area contributed by atoms with E-state index in [1.807, 2.05) is 32.2 Å². The summed E-state index contributed by atoms with van der Waals surface area (Å²) < 4.78 is 10.6. The number of nitrogens with zero attached hydrogens (tertiary/aromatic N) is 2. The van der Waals surface area contributed by atoms with Gasteiger partial charge in [-0.2, -0.15) is 4.98 Å². The van der Waals surface area contributed by atoms with Crippen LogP contribution < -0.4 is 20.9 Å².